The SMILES string of the molecule is O=C(Nc1ccc(F)c(Cl)c1)c1occc1COc1ccccc1. The van der Waals surface area contributed by atoms with Crippen LogP contribution < -0.4 is 10.1 Å². The van der Waals surface area contributed by atoms with E-state index in [2.05, 4.69) is 5.32 Å². The zero-order valence-electron chi connectivity index (χ0n) is 12.5. The number of ether oxygens (including phenoxy) is 1. The van der Waals surface area contributed by atoms with E-state index in [1.165, 1.54) is 24.5 Å². The summed E-state index contributed by atoms with van der Waals surface area (Å²) in [5, 5.41) is 2.54. The fraction of sp³-hybridized carbons (Fsp3) is 0.0556. The van der Waals surface area contributed by atoms with Crippen molar-refractivity contribution in [3.63, 3.8) is 0 Å². The first-order chi connectivity index (χ1) is 11.6. The number of furan rings is 1. The van der Waals surface area contributed by atoms with Crippen LogP contribution in [0.3, 0.4) is 0 Å². The Balaban J connectivity index is 1.69. The largest absolute Gasteiger partial charge is 0.489 e. The highest BCUT2D eigenvalue weighted by Gasteiger charge is 2.16. The van der Waals surface area contributed by atoms with Gasteiger partial charge in [0.05, 0.1) is 11.3 Å². The van der Waals surface area contributed by atoms with Gasteiger partial charge in [-0.25, -0.2) is 4.39 Å². The summed E-state index contributed by atoms with van der Waals surface area (Å²) >= 11 is 5.70. The van der Waals surface area contributed by atoms with Crippen molar-refractivity contribution in [2.24, 2.45) is 0 Å². The molecule has 24 heavy (non-hydrogen) atoms. The molecule has 0 fully saturated rings. The predicted octanol–water partition coefficient (Wildman–Crippen LogP) is 4.90. The van der Waals surface area contributed by atoms with Crippen LogP contribution in [-0.4, -0.2) is 5.91 Å². The van der Waals surface area contributed by atoms with Gasteiger partial charge in [-0.2, -0.15) is 0 Å². The number of amides is 1. The van der Waals surface area contributed by atoms with Crippen molar-refractivity contribution in [2.45, 2.75) is 6.61 Å². The van der Waals surface area contributed by atoms with Gasteiger partial charge in [-0.05, 0) is 36.4 Å². The molecule has 0 atom stereocenters. The zero-order chi connectivity index (χ0) is 16.9. The number of rotatable bonds is 5. The van der Waals surface area contributed by atoms with E-state index in [9.17, 15) is 9.18 Å². The lowest BCUT2D eigenvalue weighted by Crippen LogP contribution is -2.13. The molecular formula is C18H13ClFNO3. The van der Waals surface area contributed by atoms with E-state index in [1.807, 2.05) is 30.3 Å². The minimum atomic E-state index is -0.551. The number of nitrogens with one attached hydrogen (secondary N) is 1. The van der Waals surface area contributed by atoms with Gasteiger partial charge in [0.25, 0.3) is 5.91 Å². The maximum absolute atomic E-state index is 13.2. The predicted molar refractivity (Wildman–Crippen MR) is 88.8 cm³/mol. The lowest BCUT2D eigenvalue weighted by atomic mass is 10.2. The lowest BCUT2D eigenvalue weighted by molar-refractivity contribution is 0.0993. The van der Waals surface area contributed by atoms with Crippen molar-refractivity contribution in [1.82, 2.24) is 0 Å². The number of carbonyl (C=O) groups excluding carboxylic acids is 1. The summed E-state index contributed by atoms with van der Waals surface area (Å²) < 4.78 is 24.0. The molecule has 2 aromatic carbocycles. The van der Waals surface area contributed by atoms with Crippen molar-refractivity contribution >= 4 is 23.2 Å². The third-order valence-corrected chi connectivity index (χ3v) is 3.56. The Morgan fingerprint density at radius 3 is 2.71 bits per heavy atom. The van der Waals surface area contributed by atoms with Crippen molar-refractivity contribution in [1.29, 1.82) is 0 Å². The molecule has 1 heterocycles. The maximum Gasteiger partial charge on any atom is 0.291 e. The second-order valence-electron chi connectivity index (χ2n) is 4.96. The van der Waals surface area contributed by atoms with Crippen molar-refractivity contribution in [2.75, 3.05) is 5.32 Å². The molecule has 0 spiro atoms. The zero-order valence-corrected chi connectivity index (χ0v) is 13.2. The molecule has 1 N–H and O–H groups in total. The molecule has 0 saturated carbocycles. The van der Waals surface area contributed by atoms with Gasteiger partial charge in [0.15, 0.2) is 5.76 Å². The average Bonchev–Trinajstić information content (AvgIpc) is 3.06. The van der Waals surface area contributed by atoms with E-state index in [0.717, 1.165) is 0 Å². The summed E-state index contributed by atoms with van der Waals surface area (Å²) in [6, 6.07) is 14.8. The van der Waals surface area contributed by atoms with Gasteiger partial charge in [-0.15, -0.1) is 0 Å². The standard InChI is InChI=1S/C18H13ClFNO3/c19-15-10-13(6-7-16(15)20)21-18(22)17-12(8-9-23-17)11-24-14-4-2-1-3-5-14/h1-10H,11H2,(H,21,22). The molecule has 0 bridgehead atoms. The Bertz CT molecular complexity index is 848. The van der Waals surface area contributed by atoms with Crippen LogP contribution in [0.15, 0.2) is 65.3 Å². The summed E-state index contributed by atoms with van der Waals surface area (Å²) in [5.41, 5.74) is 0.974. The molecule has 3 aromatic rings. The highest BCUT2D eigenvalue weighted by molar-refractivity contribution is 6.31. The number of para-hydroxylation sites is 1. The van der Waals surface area contributed by atoms with Gasteiger partial charge in [0.1, 0.15) is 18.2 Å². The number of halogens is 2. The normalized spacial score (nSPS) is 10.4. The molecule has 0 unspecified atom stereocenters. The van der Waals surface area contributed by atoms with Crippen LogP contribution in [0.4, 0.5) is 10.1 Å². The van der Waals surface area contributed by atoms with Crippen LogP contribution in [0.2, 0.25) is 5.02 Å². The first-order valence-electron chi connectivity index (χ1n) is 7.14. The third kappa shape index (κ3) is 3.75. The second-order valence-corrected chi connectivity index (χ2v) is 5.37. The summed E-state index contributed by atoms with van der Waals surface area (Å²) in [4.78, 5) is 12.3. The van der Waals surface area contributed by atoms with Crippen LogP contribution in [0.1, 0.15) is 16.1 Å². The summed E-state index contributed by atoms with van der Waals surface area (Å²) in [5.74, 6) is -0.194. The van der Waals surface area contributed by atoms with Crippen molar-refractivity contribution in [3.05, 3.63) is 83.0 Å². The fourth-order valence-electron chi connectivity index (χ4n) is 2.09. The van der Waals surface area contributed by atoms with E-state index in [-0.39, 0.29) is 17.4 Å². The Kier molecular flexibility index (Phi) is 4.82. The molecular weight excluding hydrogens is 333 g/mol. The van der Waals surface area contributed by atoms with Gasteiger partial charge in [-0.1, -0.05) is 29.8 Å². The smallest absolute Gasteiger partial charge is 0.291 e. The maximum atomic E-state index is 13.2. The Morgan fingerprint density at radius 1 is 1.17 bits per heavy atom. The van der Waals surface area contributed by atoms with Crippen LogP contribution in [0.5, 0.6) is 5.75 Å². The summed E-state index contributed by atoms with van der Waals surface area (Å²) in [7, 11) is 0. The molecule has 4 nitrogen and oxygen atoms in total. The quantitative estimate of drug-likeness (QED) is 0.715. The van der Waals surface area contributed by atoms with Crippen LogP contribution in [0, 0.1) is 5.82 Å². The minimum absolute atomic E-state index is 0.0696. The van der Waals surface area contributed by atoms with Crippen molar-refractivity contribution < 1.29 is 18.3 Å². The van der Waals surface area contributed by atoms with E-state index in [4.69, 9.17) is 20.8 Å². The number of benzene rings is 2. The molecule has 1 aromatic heterocycles. The Hall–Kier alpha value is -2.79. The Labute approximate surface area is 142 Å². The Morgan fingerprint density at radius 2 is 1.96 bits per heavy atom. The topological polar surface area (TPSA) is 51.5 Å². The number of hydrogen-bond acceptors (Lipinski definition) is 3. The third-order valence-electron chi connectivity index (χ3n) is 3.27. The first kappa shape index (κ1) is 16.1. The van der Waals surface area contributed by atoms with Crippen molar-refractivity contribution in [3.8, 4) is 5.75 Å². The lowest BCUT2D eigenvalue weighted by Gasteiger charge is -2.07. The fourth-order valence-corrected chi connectivity index (χ4v) is 2.27. The number of hydrogen-bond donors (Lipinski definition) is 1. The van der Waals surface area contributed by atoms with E-state index in [1.54, 1.807) is 6.07 Å². The molecule has 3 rings (SSSR count). The molecule has 0 aliphatic carbocycles. The van der Waals surface area contributed by atoms with Crippen LogP contribution >= 0.6 is 11.6 Å². The molecule has 6 heteroatoms. The summed E-state index contributed by atoms with van der Waals surface area (Å²) in [6.07, 6.45) is 1.41. The van der Waals surface area contributed by atoms with E-state index < -0.39 is 11.7 Å². The van der Waals surface area contributed by atoms with E-state index >= 15 is 0 Å². The van der Waals surface area contributed by atoms with Gasteiger partial charge in [-0.3, -0.25) is 4.79 Å². The molecule has 122 valence electrons. The second kappa shape index (κ2) is 7.19. The highest BCUT2D eigenvalue weighted by Crippen LogP contribution is 2.21. The highest BCUT2D eigenvalue weighted by atomic mass is 35.5. The molecule has 0 aliphatic rings. The molecule has 0 aliphatic heterocycles. The average molecular weight is 346 g/mol. The molecule has 0 saturated heterocycles. The van der Waals surface area contributed by atoms with E-state index in [0.29, 0.717) is 17.0 Å². The number of carbonyl (C=O) groups is 1. The summed E-state index contributed by atoms with van der Waals surface area (Å²) in [6.45, 7) is 0.188. The van der Waals surface area contributed by atoms with Gasteiger partial charge >= 0.3 is 0 Å². The molecule has 1 amide bonds. The van der Waals surface area contributed by atoms with Gasteiger partial charge in [0, 0.05) is 11.3 Å². The van der Waals surface area contributed by atoms with Gasteiger partial charge < -0.3 is 14.5 Å². The monoisotopic (exact) mass is 345 g/mol. The van der Waals surface area contributed by atoms with Crippen LogP contribution in [-0.2, 0) is 6.61 Å². The number of anilines is 1. The molecule has 0 radical (unpaired) electrons. The minimum Gasteiger partial charge on any atom is -0.489 e. The van der Waals surface area contributed by atoms with Gasteiger partial charge in [0.2, 0.25) is 0 Å². The van der Waals surface area contributed by atoms with Crippen LogP contribution in [0.25, 0.3) is 0 Å². The first-order valence-corrected chi connectivity index (χ1v) is 7.52.